The van der Waals surface area contributed by atoms with Crippen LogP contribution in [0.15, 0.2) is 0 Å². The number of rotatable bonds is 5. The highest BCUT2D eigenvalue weighted by molar-refractivity contribution is 4.84. The summed E-state index contributed by atoms with van der Waals surface area (Å²) in [5.74, 6) is 1.64. The molecule has 2 atom stereocenters. The number of nitrogens with one attached hydrogen (secondary N) is 1. The lowest BCUT2D eigenvalue weighted by Crippen LogP contribution is -2.35. The molecule has 1 N–H and O–H groups in total. The minimum absolute atomic E-state index is 0.480. The summed E-state index contributed by atoms with van der Waals surface area (Å²) >= 11 is 0. The van der Waals surface area contributed by atoms with E-state index in [9.17, 15) is 0 Å². The van der Waals surface area contributed by atoms with E-state index in [2.05, 4.69) is 51.8 Å². The maximum Gasteiger partial charge on any atom is 0.00193 e. The second-order valence-corrected chi connectivity index (χ2v) is 7.28. The van der Waals surface area contributed by atoms with Crippen molar-refractivity contribution in [1.82, 2.24) is 10.2 Å². The molecule has 1 rings (SSSR count). The Labute approximate surface area is 108 Å². The molecule has 0 aliphatic carbocycles. The molecule has 0 saturated carbocycles. The summed E-state index contributed by atoms with van der Waals surface area (Å²) in [5, 5.41) is 3.53. The highest BCUT2D eigenvalue weighted by atomic mass is 15.1. The van der Waals surface area contributed by atoms with Crippen LogP contribution in [0.1, 0.15) is 48.0 Å². The predicted molar refractivity (Wildman–Crippen MR) is 76.3 cm³/mol. The first-order valence-corrected chi connectivity index (χ1v) is 7.24. The average molecular weight is 240 g/mol. The van der Waals surface area contributed by atoms with E-state index in [1.165, 1.54) is 26.1 Å². The summed E-state index contributed by atoms with van der Waals surface area (Å²) in [6, 6.07) is 0.610. The molecule has 1 aliphatic rings. The molecule has 0 bridgehead atoms. The van der Waals surface area contributed by atoms with E-state index in [0.717, 1.165) is 18.4 Å². The topological polar surface area (TPSA) is 15.3 Å². The monoisotopic (exact) mass is 240 g/mol. The van der Waals surface area contributed by atoms with Crippen LogP contribution in [0, 0.1) is 17.3 Å². The summed E-state index contributed by atoms with van der Waals surface area (Å²) in [7, 11) is 0. The molecule has 2 nitrogen and oxygen atoms in total. The summed E-state index contributed by atoms with van der Waals surface area (Å²) < 4.78 is 0. The molecule has 1 saturated heterocycles. The molecule has 1 aliphatic heterocycles. The van der Waals surface area contributed by atoms with Crippen LogP contribution in [0.2, 0.25) is 0 Å². The van der Waals surface area contributed by atoms with Gasteiger partial charge in [0.05, 0.1) is 0 Å². The van der Waals surface area contributed by atoms with Crippen molar-refractivity contribution in [3.05, 3.63) is 0 Å². The second kappa shape index (κ2) is 6.19. The highest BCUT2D eigenvalue weighted by Gasteiger charge is 2.31. The Morgan fingerprint density at radius 2 is 1.88 bits per heavy atom. The first-order valence-electron chi connectivity index (χ1n) is 7.24. The van der Waals surface area contributed by atoms with E-state index in [0.29, 0.717) is 11.5 Å². The van der Waals surface area contributed by atoms with Crippen molar-refractivity contribution in [1.29, 1.82) is 0 Å². The van der Waals surface area contributed by atoms with E-state index in [1.54, 1.807) is 0 Å². The van der Waals surface area contributed by atoms with Crippen LogP contribution in [0.25, 0.3) is 0 Å². The largest absolute Gasteiger partial charge is 0.314 e. The molecule has 0 amide bonds. The van der Waals surface area contributed by atoms with Gasteiger partial charge in [-0.05, 0) is 36.8 Å². The van der Waals surface area contributed by atoms with Gasteiger partial charge in [-0.1, -0.05) is 41.5 Å². The van der Waals surface area contributed by atoms with Crippen molar-refractivity contribution in [3.8, 4) is 0 Å². The number of hydrogen-bond acceptors (Lipinski definition) is 2. The van der Waals surface area contributed by atoms with Crippen LogP contribution in [-0.4, -0.2) is 37.1 Å². The molecular weight excluding hydrogens is 208 g/mol. The normalized spacial score (nSPS) is 24.5. The summed E-state index contributed by atoms with van der Waals surface area (Å²) in [6.45, 7) is 18.9. The van der Waals surface area contributed by atoms with Crippen molar-refractivity contribution in [2.24, 2.45) is 17.3 Å². The first-order chi connectivity index (χ1) is 7.79. The lowest BCUT2D eigenvalue weighted by molar-refractivity contribution is 0.215. The molecular formula is C15H32N2. The third-order valence-corrected chi connectivity index (χ3v) is 3.94. The molecule has 0 aromatic heterocycles. The smallest absolute Gasteiger partial charge is 0.00193 e. The maximum absolute atomic E-state index is 3.53. The lowest BCUT2D eigenvalue weighted by Gasteiger charge is -2.28. The molecule has 102 valence electrons. The van der Waals surface area contributed by atoms with Crippen molar-refractivity contribution >= 4 is 0 Å². The number of nitrogens with zero attached hydrogens (tertiary/aromatic N) is 1. The third-order valence-electron chi connectivity index (χ3n) is 3.94. The van der Waals surface area contributed by atoms with Crippen molar-refractivity contribution in [3.63, 3.8) is 0 Å². The van der Waals surface area contributed by atoms with Crippen LogP contribution in [0.3, 0.4) is 0 Å². The fourth-order valence-corrected chi connectivity index (χ4v) is 2.65. The quantitative estimate of drug-likeness (QED) is 0.795. The van der Waals surface area contributed by atoms with E-state index in [1.807, 2.05) is 0 Å². The van der Waals surface area contributed by atoms with Crippen LogP contribution in [0.5, 0.6) is 0 Å². The minimum Gasteiger partial charge on any atom is -0.314 e. The van der Waals surface area contributed by atoms with Gasteiger partial charge in [-0.25, -0.2) is 0 Å². The van der Waals surface area contributed by atoms with Gasteiger partial charge in [0, 0.05) is 19.1 Å². The van der Waals surface area contributed by atoms with Gasteiger partial charge in [0.2, 0.25) is 0 Å². The van der Waals surface area contributed by atoms with E-state index in [-0.39, 0.29) is 0 Å². The number of hydrogen-bond donors (Lipinski definition) is 1. The molecule has 17 heavy (non-hydrogen) atoms. The molecule has 2 heteroatoms. The Morgan fingerprint density at radius 3 is 2.35 bits per heavy atom. The van der Waals surface area contributed by atoms with Gasteiger partial charge in [0.15, 0.2) is 0 Å². The van der Waals surface area contributed by atoms with Gasteiger partial charge in [0.1, 0.15) is 0 Å². The van der Waals surface area contributed by atoms with Crippen molar-refractivity contribution in [2.45, 2.75) is 54.0 Å². The Bertz CT molecular complexity index is 217. The zero-order valence-electron chi connectivity index (χ0n) is 12.7. The van der Waals surface area contributed by atoms with Gasteiger partial charge in [-0.3, -0.25) is 0 Å². The SMILES string of the molecule is CC(CNC(C)C)CN1CCC(C(C)(C)C)C1. The summed E-state index contributed by atoms with van der Waals surface area (Å²) in [4.78, 5) is 2.66. The minimum atomic E-state index is 0.480. The number of likely N-dealkylation sites (tertiary alicyclic amines) is 1. The Hall–Kier alpha value is -0.0800. The fraction of sp³-hybridized carbons (Fsp3) is 1.00. The Morgan fingerprint density at radius 1 is 1.24 bits per heavy atom. The molecule has 0 aromatic carbocycles. The Balaban J connectivity index is 2.25. The van der Waals surface area contributed by atoms with Crippen LogP contribution in [-0.2, 0) is 0 Å². The molecule has 0 radical (unpaired) electrons. The van der Waals surface area contributed by atoms with Gasteiger partial charge in [-0.2, -0.15) is 0 Å². The zero-order valence-corrected chi connectivity index (χ0v) is 12.7. The predicted octanol–water partition coefficient (Wildman–Crippen LogP) is 2.99. The van der Waals surface area contributed by atoms with Crippen LogP contribution < -0.4 is 5.32 Å². The van der Waals surface area contributed by atoms with E-state index >= 15 is 0 Å². The second-order valence-electron chi connectivity index (χ2n) is 7.28. The molecule has 1 fully saturated rings. The van der Waals surface area contributed by atoms with Crippen LogP contribution >= 0.6 is 0 Å². The summed E-state index contributed by atoms with van der Waals surface area (Å²) in [5.41, 5.74) is 0.480. The molecule has 0 aromatic rings. The molecule has 0 spiro atoms. The maximum atomic E-state index is 3.53. The van der Waals surface area contributed by atoms with E-state index in [4.69, 9.17) is 0 Å². The fourth-order valence-electron chi connectivity index (χ4n) is 2.65. The van der Waals surface area contributed by atoms with Gasteiger partial charge >= 0.3 is 0 Å². The zero-order chi connectivity index (χ0) is 13.1. The summed E-state index contributed by atoms with van der Waals surface area (Å²) in [6.07, 6.45) is 1.38. The first kappa shape index (κ1) is 15.0. The lowest BCUT2D eigenvalue weighted by atomic mass is 9.80. The highest BCUT2D eigenvalue weighted by Crippen LogP contribution is 2.33. The van der Waals surface area contributed by atoms with Gasteiger partial charge < -0.3 is 10.2 Å². The third kappa shape index (κ3) is 5.39. The molecule has 2 unspecified atom stereocenters. The van der Waals surface area contributed by atoms with Crippen molar-refractivity contribution in [2.75, 3.05) is 26.2 Å². The van der Waals surface area contributed by atoms with E-state index < -0.39 is 0 Å². The molecule has 1 heterocycles. The van der Waals surface area contributed by atoms with Crippen LogP contribution in [0.4, 0.5) is 0 Å². The standard InChI is InChI=1S/C15H32N2/c1-12(2)16-9-13(3)10-17-8-7-14(11-17)15(4,5)6/h12-14,16H,7-11H2,1-6H3. The van der Waals surface area contributed by atoms with Gasteiger partial charge in [-0.15, -0.1) is 0 Å². The average Bonchev–Trinajstić information content (AvgIpc) is 2.62. The Kier molecular flexibility index (Phi) is 5.46. The van der Waals surface area contributed by atoms with Crippen molar-refractivity contribution < 1.29 is 0 Å². The van der Waals surface area contributed by atoms with Gasteiger partial charge in [0.25, 0.3) is 0 Å².